The van der Waals surface area contributed by atoms with Crippen molar-refractivity contribution in [3.63, 3.8) is 0 Å². The molecule has 1 N–H and O–H groups in total. The highest BCUT2D eigenvalue weighted by molar-refractivity contribution is 5.74. The maximum absolute atomic E-state index is 10.9. The molecule has 72 valence electrons. The van der Waals surface area contributed by atoms with E-state index in [2.05, 4.69) is 0 Å². The fraction of sp³-hybridized carbons (Fsp3) is 0.889. The highest BCUT2D eigenvalue weighted by Gasteiger charge is 2.35. The van der Waals surface area contributed by atoms with Crippen LogP contribution in [-0.4, -0.2) is 24.8 Å². The molecule has 0 saturated heterocycles. The van der Waals surface area contributed by atoms with Crippen LogP contribution in [0.3, 0.4) is 0 Å². The smallest absolute Gasteiger partial charge is 0.309 e. The van der Waals surface area contributed by atoms with Gasteiger partial charge in [0.15, 0.2) is 0 Å². The van der Waals surface area contributed by atoms with E-state index >= 15 is 0 Å². The first-order valence-electron chi connectivity index (χ1n) is 4.17. The van der Waals surface area contributed by atoms with Gasteiger partial charge in [0.25, 0.3) is 0 Å². The molecule has 0 aromatic rings. The van der Waals surface area contributed by atoms with Crippen molar-refractivity contribution >= 4 is 5.97 Å². The molecule has 0 saturated carbocycles. The monoisotopic (exact) mass is 174 g/mol. The van der Waals surface area contributed by atoms with Crippen LogP contribution in [0.1, 0.15) is 27.2 Å². The minimum atomic E-state index is -0.741. The fourth-order valence-corrected chi connectivity index (χ4v) is 0.957. The van der Waals surface area contributed by atoms with Gasteiger partial charge in [-0.05, 0) is 19.3 Å². The van der Waals surface area contributed by atoms with Gasteiger partial charge in [0, 0.05) is 13.7 Å². The number of aliphatic carboxylic acids is 1. The summed E-state index contributed by atoms with van der Waals surface area (Å²) in [5.41, 5.74) is -0.657. The fourth-order valence-electron chi connectivity index (χ4n) is 0.957. The van der Waals surface area contributed by atoms with Gasteiger partial charge in [0.2, 0.25) is 0 Å². The summed E-state index contributed by atoms with van der Waals surface area (Å²) < 4.78 is 4.87. The Morgan fingerprint density at radius 1 is 1.58 bits per heavy atom. The van der Waals surface area contributed by atoms with Crippen LogP contribution in [0.25, 0.3) is 0 Å². The lowest BCUT2D eigenvalue weighted by Crippen LogP contribution is -2.34. The van der Waals surface area contributed by atoms with Crippen molar-refractivity contribution in [2.24, 2.45) is 11.3 Å². The molecule has 0 aromatic heterocycles. The quantitative estimate of drug-likeness (QED) is 0.691. The number of carbonyl (C=O) groups is 1. The largest absolute Gasteiger partial charge is 0.481 e. The number of rotatable bonds is 5. The van der Waals surface area contributed by atoms with E-state index in [1.807, 2.05) is 13.8 Å². The average Bonchev–Trinajstić information content (AvgIpc) is 1.99. The van der Waals surface area contributed by atoms with Gasteiger partial charge in [-0.25, -0.2) is 0 Å². The SMILES string of the molecule is COCCC(C)(C(=O)O)C(C)C. The summed E-state index contributed by atoms with van der Waals surface area (Å²) in [6, 6.07) is 0. The number of carboxylic acids is 1. The molecule has 0 aliphatic heterocycles. The Hall–Kier alpha value is -0.570. The molecule has 0 spiro atoms. The topological polar surface area (TPSA) is 46.5 Å². The van der Waals surface area contributed by atoms with Gasteiger partial charge in [-0.2, -0.15) is 0 Å². The van der Waals surface area contributed by atoms with Crippen molar-refractivity contribution in [1.82, 2.24) is 0 Å². The maximum atomic E-state index is 10.9. The van der Waals surface area contributed by atoms with Crippen LogP contribution in [0.15, 0.2) is 0 Å². The van der Waals surface area contributed by atoms with Crippen LogP contribution in [-0.2, 0) is 9.53 Å². The number of methoxy groups -OCH3 is 1. The van der Waals surface area contributed by atoms with Crippen LogP contribution in [0.5, 0.6) is 0 Å². The third-order valence-electron chi connectivity index (χ3n) is 2.59. The van der Waals surface area contributed by atoms with Gasteiger partial charge in [-0.15, -0.1) is 0 Å². The first-order chi connectivity index (χ1) is 5.45. The van der Waals surface area contributed by atoms with Crippen molar-refractivity contribution in [3.05, 3.63) is 0 Å². The molecule has 0 bridgehead atoms. The third kappa shape index (κ3) is 2.48. The van der Waals surface area contributed by atoms with Crippen LogP contribution >= 0.6 is 0 Å². The lowest BCUT2D eigenvalue weighted by Gasteiger charge is -2.28. The zero-order valence-corrected chi connectivity index (χ0v) is 8.26. The summed E-state index contributed by atoms with van der Waals surface area (Å²) in [6.45, 7) is 6.10. The minimum absolute atomic E-state index is 0.130. The molecule has 3 heteroatoms. The number of ether oxygens (including phenoxy) is 1. The van der Waals surface area contributed by atoms with E-state index in [-0.39, 0.29) is 5.92 Å². The van der Waals surface area contributed by atoms with E-state index in [0.717, 1.165) is 0 Å². The van der Waals surface area contributed by atoms with E-state index in [0.29, 0.717) is 13.0 Å². The summed E-state index contributed by atoms with van der Waals surface area (Å²) >= 11 is 0. The highest BCUT2D eigenvalue weighted by Crippen LogP contribution is 2.31. The van der Waals surface area contributed by atoms with E-state index < -0.39 is 11.4 Å². The summed E-state index contributed by atoms with van der Waals surface area (Å²) in [7, 11) is 1.59. The molecule has 0 heterocycles. The average molecular weight is 174 g/mol. The lowest BCUT2D eigenvalue weighted by atomic mass is 9.77. The molecule has 0 rings (SSSR count). The molecule has 0 fully saturated rings. The Bertz CT molecular complexity index is 154. The van der Waals surface area contributed by atoms with Crippen LogP contribution < -0.4 is 0 Å². The van der Waals surface area contributed by atoms with Gasteiger partial charge in [-0.1, -0.05) is 13.8 Å². The number of hydrogen-bond acceptors (Lipinski definition) is 2. The molecule has 12 heavy (non-hydrogen) atoms. The summed E-state index contributed by atoms with van der Waals surface area (Å²) in [6.07, 6.45) is 0.566. The van der Waals surface area contributed by atoms with Gasteiger partial charge in [0.1, 0.15) is 0 Å². The molecule has 0 aromatic carbocycles. The van der Waals surface area contributed by atoms with Crippen molar-refractivity contribution < 1.29 is 14.6 Å². The molecule has 0 aliphatic carbocycles. The molecule has 0 amide bonds. The molecule has 1 unspecified atom stereocenters. The first kappa shape index (κ1) is 11.4. The van der Waals surface area contributed by atoms with Crippen LogP contribution in [0, 0.1) is 11.3 Å². The predicted octanol–water partition coefficient (Wildman–Crippen LogP) is 1.77. The normalized spacial score (nSPS) is 16.1. The van der Waals surface area contributed by atoms with Crippen molar-refractivity contribution in [2.45, 2.75) is 27.2 Å². The van der Waals surface area contributed by atoms with Crippen molar-refractivity contribution in [3.8, 4) is 0 Å². The van der Waals surface area contributed by atoms with E-state index in [9.17, 15) is 4.79 Å². The summed E-state index contributed by atoms with van der Waals surface area (Å²) in [5, 5.41) is 8.97. The third-order valence-corrected chi connectivity index (χ3v) is 2.59. The van der Waals surface area contributed by atoms with Crippen molar-refractivity contribution in [2.75, 3.05) is 13.7 Å². The Kier molecular flexibility index (Phi) is 4.24. The standard InChI is InChI=1S/C9H18O3/c1-7(2)9(3,8(10)11)5-6-12-4/h7H,5-6H2,1-4H3,(H,10,11). The molecule has 0 aliphatic rings. The molecular weight excluding hydrogens is 156 g/mol. The Balaban J connectivity index is 4.29. The summed E-state index contributed by atoms with van der Waals surface area (Å²) in [4.78, 5) is 10.9. The second kappa shape index (κ2) is 4.45. The van der Waals surface area contributed by atoms with Crippen molar-refractivity contribution in [1.29, 1.82) is 0 Å². The number of carboxylic acid groups (broad SMARTS) is 1. The van der Waals surface area contributed by atoms with Gasteiger partial charge in [0.05, 0.1) is 5.41 Å². The van der Waals surface area contributed by atoms with Crippen LogP contribution in [0.4, 0.5) is 0 Å². The maximum Gasteiger partial charge on any atom is 0.309 e. The Labute approximate surface area is 73.7 Å². The lowest BCUT2D eigenvalue weighted by molar-refractivity contribution is -0.151. The molecule has 3 nitrogen and oxygen atoms in total. The summed E-state index contributed by atoms with van der Waals surface area (Å²) in [5.74, 6) is -0.611. The predicted molar refractivity (Wildman–Crippen MR) is 47.1 cm³/mol. The van der Waals surface area contributed by atoms with E-state index in [4.69, 9.17) is 9.84 Å². The molecule has 0 radical (unpaired) electrons. The number of hydrogen-bond donors (Lipinski definition) is 1. The van der Waals surface area contributed by atoms with Gasteiger partial charge >= 0.3 is 5.97 Å². The Morgan fingerprint density at radius 3 is 2.33 bits per heavy atom. The van der Waals surface area contributed by atoms with Gasteiger partial charge < -0.3 is 9.84 Å². The molecule has 1 atom stereocenters. The zero-order valence-electron chi connectivity index (χ0n) is 8.26. The zero-order chi connectivity index (χ0) is 9.78. The Morgan fingerprint density at radius 2 is 2.08 bits per heavy atom. The van der Waals surface area contributed by atoms with E-state index in [1.165, 1.54) is 0 Å². The second-order valence-corrected chi connectivity index (χ2v) is 3.62. The first-order valence-corrected chi connectivity index (χ1v) is 4.17. The van der Waals surface area contributed by atoms with Gasteiger partial charge in [-0.3, -0.25) is 4.79 Å². The molecular formula is C9H18O3. The highest BCUT2D eigenvalue weighted by atomic mass is 16.5. The van der Waals surface area contributed by atoms with Crippen LogP contribution in [0.2, 0.25) is 0 Å². The second-order valence-electron chi connectivity index (χ2n) is 3.62. The minimum Gasteiger partial charge on any atom is -0.481 e. The van der Waals surface area contributed by atoms with E-state index in [1.54, 1.807) is 14.0 Å².